The zero-order valence-corrected chi connectivity index (χ0v) is 21.8. The molecule has 178 valence electrons. The lowest BCUT2D eigenvalue weighted by molar-refractivity contribution is 0.181. The Labute approximate surface area is 210 Å². The molecule has 2 aromatic heterocycles. The van der Waals surface area contributed by atoms with Gasteiger partial charge in [-0.2, -0.15) is 0 Å². The van der Waals surface area contributed by atoms with Gasteiger partial charge in [0.25, 0.3) is 0 Å². The molecule has 3 heterocycles. The van der Waals surface area contributed by atoms with Crippen LogP contribution < -0.4 is 5.73 Å². The Balaban J connectivity index is 1.61. The molecule has 5 rings (SSSR count). The van der Waals surface area contributed by atoms with Crippen molar-refractivity contribution in [1.82, 2.24) is 12.7 Å². The van der Waals surface area contributed by atoms with Crippen LogP contribution in [0.15, 0.2) is 46.5 Å². The number of hydrogen-bond donors (Lipinski definition) is 3. The van der Waals surface area contributed by atoms with Crippen molar-refractivity contribution in [3.8, 4) is 11.4 Å². The minimum absolute atomic E-state index is 0.284. The van der Waals surface area contributed by atoms with E-state index in [9.17, 15) is 5.11 Å². The summed E-state index contributed by atoms with van der Waals surface area (Å²) in [6, 6.07) is 8.50. The first-order valence-corrected chi connectivity index (χ1v) is 14.2. The first-order chi connectivity index (χ1) is 16.6. The van der Waals surface area contributed by atoms with E-state index in [1.165, 1.54) is 0 Å². The molecule has 3 aromatic rings. The number of fused-ring (bicyclic) bond motifs is 2. The Morgan fingerprint density at radius 1 is 1.32 bits per heavy atom. The molecule has 7 nitrogen and oxygen atoms in total. The van der Waals surface area contributed by atoms with Gasteiger partial charge in [-0.3, -0.25) is 7.77 Å². The van der Waals surface area contributed by atoms with Gasteiger partial charge in [0.15, 0.2) is 5.84 Å². The maximum absolute atomic E-state index is 9.55. The van der Waals surface area contributed by atoms with Gasteiger partial charge in [0, 0.05) is 56.4 Å². The fraction of sp³-hybridized carbons (Fsp3) is 0.385. The predicted molar refractivity (Wildman–Crippen MR) is 149 cm³/mol. The summed E-state index contributed by atoms with van der Waals surface area (Å²) in [5.41, 5.74) is 12.5. The molecule has 0 unspecified atom stereocenters. The van der Waals surface area contributed by atoms with Crippen molar-refractivity contribution < 1.29 is 5.11 Å². The van der Waals surface area contributed by atoms with Crippen molar-refractivity contribution in [1.29, 1.82) is 0 Å². The highest BCUT2D eigenvalue weighted by molar-refractivity contribution is 14.2. The SMILES string of the molecule is C/C=C\N=C(CC)c1cccc2cc(-c3nc(C4CCC(CO)CC4)n4c3C(N)=NC=I4)[nH]c12. The van der Waals surface area contributed by atoms with Gasteiger partial charge < -0.3 is 15.8 Å². The van der Waals surface area contributed by atoms with Crippen molar-refractivity contribution in [2.75, 3.05) is 6.61 Å². The predicted octanol–water partition coefficient (Wildman–Crippen LogP) is 5.24. The van der Waals surface area contributed by atoms with Crippen molar-refractivity contribution >= 4 is 47.6 Å². The number of aromatic amines is 1. The van der Waals surface area contributed by atoms with Crippen LogP contribution in [-0.4, -0.2) is 40.1 Å². The first kappa shape index (κ1) is 23.2. The van der Waals surface area contributed by atoms with E-state index in [-0.39, 0.29) is 6.61 Å². The fourth-order valence-corrected chi connectivity index (χ4v) is 7.22. The summed E-state index contributed by atoms with van der Waals surface area (Å²) in [4.78, 5) is 18.0. The lowest BCUT2D eigenvalue weighted by Gasteiger charge is -2.27. The average molecular weight is 570 g/mol. The van der Waals surface area contributed by atoms with Gasteiger partial charge >= 0.3 is 0 Å². The third kappa shape index (κ3) is 4.17. The van der Waals surface area contributed by atoms with E-state index in [1.807, 2.05) is 23.3 Å². The second-order valence-electron chi connectivity index (χ2n) is 8.92. The van der Waals surface area contributed by atoms with Gasteiger partial charge in [-0.1, -0.05) is 31.2 Å². The van der Waals surface area contributed by atoms with Gasteiger partial charge in [0.2, 0.25) is 0 Å². The number of imidazole rings is 1. The molecular weight excluding hydrogens is 539 g/mol. The number of aliphatic imine (C=N–C) groups is 2. The minimum Gasteiger partial charge on any atom is -0.396 e. The number of H-pyrrole nitrogens is 1. The first-order valence-electron chi connectivity index (χ1n) is 12.0. The summed E-state index contributed by atoms with van der Waals surface area (Å²) in [5.74, 6) is 2.48. The second kappa shape index (κ2) is 9.95. The van der Waals surface area contributed by atoms with E-state index in [4.69, 9.17) is 10.7 Å². The molecule has 1 aromatic carbocycles. The van der Waals surface area contributed by atoms with Gasteiger partial charge in [-0.15, -0.1) is 0 Å². The molecule has 0 saturated heterocycles. The molecule has 1 aliphatic carbocycles. The summed E-state index contributed by atoms with van der Waals surface area (Å²) in [5, 5.41) is 10.7. The average Bonchev–Trinajstić information content (AvgIpc) is 3.47. The number of allylic oxidation sites excluding steroid dienone is 1. The van der Waals surface area contributed by atoms with Crippen molar-refractivity contribution in [3.05, 3.63) is 53.6 Å². The van der Waals surface area contributed by atoms with E-state index in [2.05, 4.69) is 48.9 Å². The van der Waals surface area contributed by atoms with Crippen LogP contribution in [0.25, 0.3) is 22.3 Å². The van der Waals surface area contributed by atoms with Crippen LogP contribution in [-0.2, 0) is 0 Å². The number of aliphatic hydroxyl groups is 1. The van der Waals surface area contributed by atoms with E-state index in [0.29, 0.717) is 17.7 Å². The van der Waals surface area contributed by atoms with Crippen LogP contribution in [0.1, 0.15) is 69.0 Å². The normalized spacial score (nSPS) is 21.0. The van der Waals surface area contributed by atoms with Crippen molar-refractivity contribution in [2.45, 2.75) is 51.9 Å². The number of hydrogen-bond acceptors (Lipinski definition) is 5. The van der Waals surface area contributed by atoms with Crippen LogP contribution in [0.3, 0.4) is 0 Å². The summed E-state index contributed by atoms with van der Waals surface area (Å²) in [7, 11) is 0. The zero-order valence-electron chi connectivity index (χ0n) is 19.6. The second-order valence-corrected chi connectivity index (χ2v) is 11.0. The standard InChI is InChI=1S/C26H31IN6O/c1-3-12-29-20(4-2)19-7-5-6-18-13-21(31-22(18)19)23-24-25(28)30-15-27-33(24)26(32-23)17-10-8-16(14-34)9-11-17/h3,5-7,12-13,15-17,31,34H,4,8-11,14H2,1-2H3,(H2,28,30)/b12-3-,29-20?. The number of aliphatic hydroxyl groups excluding tert-OH is 1. The van der Waals surface area contributed by atoms with Crippen LogP contribution in [0.2, 0.25) is 0 Å². The monoisotopic (exact) mass is 570 g/mol. The Hall–Kier alpha value is -2.59. The summed E-state index contributed by atoms with van der Waals surface area (Å²) in [6.07, 6.45) is 8.85. The molecule has 2 aliphatic rings. The summed E-state index contributed by atoms with van der Waals surface area (Å²) in [6.45, 7) is 4.39. The third-order valence-electron chi connectivity index (χ3n) is 6.83. The number of nitrogens with one attached hydrogen (secondary N) is 1. The number of nitrogens with two attached hydrogens (primary N) is 1. The number of amidine groups is 1. The number of rotatable bonds is 6. The number of nitrogens with zero attached hydrogens (tertiary/aromatic N) is 4. The molecule has 4 N–H and O–H groups in total. The number of benzene rings is 1. The Bertz CT molecular complexity index is 1320. The number of halogens is 1. The smallest absolute Gasteiger partial charge is 0.151 e. The number of para-hydroxylation sites is 1. The molecule has 1 fully saturated rings. The molecule has 34 heavy (non-hydrogen) atoms. The molecule has 1 aliphatic heterocycles. The quantitative estimate of drug-likeness (QED) is 0.279. The number of aromatic nitrogens is 3. The van der Waals surface area contributed by atoms with Gasteiger partial charge in [-0.25, -0.2) is 9.98 Å². The third-order valence-corrected chi connectivity index (χ3v) is 8.89. The fourth-order valence-electron chi connectivity index (χ4n) is 5.00. The molecule has 8 heteroatoms. The zero-order chi connectivity index (χ0) is 23.7. The van der Waals surface area contributed by atoms with Crippen LogP contribution in [0.5, 0.6) is 0 Å². The van der Waals surface area contributed by atoms with E-state index in [1.54, 1.807) is 0 Å². The molecule has 0 radical (unpaired) electrons. The van der Waals surface area contributed by atoms with Crippen LogP contribution in [0.4, 0.5) is 0 Å². The summed E-state index contributed by atoms with van der Waals surface area (Å²) < 4.78 is 4.32. The maximum Gasteiger partial charge on any atom is 0.151 e. The molecule has 0 spiro atoms. The highest BCUT2D eigenvalue weighted by atomic mass is 127. The highest BCUT2D eigenvalue weighted by Crippen LogP contribution is 2.40. The largest absolute Gasteiger partial charge is 0.396 e. The summed E-state index contributed by atoms with van der Waals surface area (Å²) >= 11 is -0.447. The lowest BCUT2D eigenvalue weighted by atomic mass is 9.82. The van der Waals surface area contributed by atoms with Gasteiger partial charge in [-0.05, 0) is 51.0 Å². The maximum atomic E-state index is 9.55. The Morgan fingerprint density at radius 3 is 2.88 bits per heavy atom. The highest BCUT2D eigenvalue weighted by Gasteiger charge is 2.30. The van der Waals surface area contributed by atoms with Crippen LogP contribution >= 0.6 is 21.0 Å². The van der Waals surface area contributed by atoms with Gasteiger partial charge in [0.1, 0.15) is 17.2 Å². The topological polar surface area (TPSA) is 105 Å². The molecule has 0 bridgehead atoms. The molecular formula is C26H31IN6O. The van der Waals surface area contributed by atoms with E-state index in [0.717, 1.165) is 77.2 Å². The van der Waals surface area contributed by atoms with Crippen molar-refractivity contribution in [2.24, 2.45) is 21.6 Å². The molecule has 0 atom stereocenters. The van der Waals surface area contributed by atoms with E-state index >= 15 is 0 Å². The van der Waals surface area contributed by atoms with Crippen molar-refractivity contribution in [3.63, 3.8) is 0 Å². The van der Waals surface area contributed by atoms with Gasteiger partial charge in [0.05, 0.1) is 15.3 Å². The Kier molecular flexibility index (Phi) is 6.78. The molecule has 0 amide bonds. The lowest BCUT2D eigenvalue weighted by Crippen LogP contribution is -2.21. The van der Waals surface area contributed by atoms with E-state index < -0.39 is 21.0 Å². The minimum atomic E-state index is -0.447. The molecule has 1 saturated carbocycles. The van der Waals surface area contributed by atoms with Crippen LogP contribution in [0, 0.1) is 5.92 Å². The Morgan fingerprint density at radius 2 is 2.15 bits per heavy atom.